The van der Waals surface area contributed by atoms with Crippen molar-refractivity contribution in [2.24, 2.45) is 23.7 Å². The minimum absolute atomic E-state index is 0.315. The molecule has 86 valence electrons. The first-order chi connectivity index (χ1) is 7.11. The molecule has 0 aliphatic heterocycles. The number of amides is 1. The summed E-state index contributed by atoms with van der Waals surface area (Å²) in [6.07, 6.45) is 4.84. The lowest BCUT2D eigenvalue weighted by Crippen LogP contribution is -2.40. The van der Waals surface area contributed by atoms with E-state index in [1.165, 1.54) is 6.42 Å². The summed E-state index contributed by atoms with van der Waals surface area (Å²) in [6, 6.07) is 0.333. The fraction of sp³-hybridized carbons (Fsp3) is 0.923. The van der Waals surface area contributed by atoms with Crippen LogP contribution in [0.15, 0.2) is 0 Å². The summed E-state index contributed by atoms with van der Waals surface area (Å²) in [6.45, 7) is 6.51. The van der Waals surface area contributed by atoms with Crippen LogP contribution in [0, 0.1) is 23.7 Å². The molecule has 2 fully saturated rings. The van der Waals surface area contributed by atoms with Crippen molar-refractivity contribution in [3.05, 3.63) is 0 Å². The number of fused-ring (bicyclic) bond motifs is 1. The van der Waals surface area contributed by atoms with Crippen molar-refractivity contribution in [1.82, 2.24) is 5.32 Å². The topological polar surface area (TPSA) is 29.1 Å². The van der Waals surface area contributed by atoms with Gasteiger partial charge in [0.25, 0.3) is 0 Å². The Hall–Kier alpha value is -0.530. The zero-order valence-electron chi connectivity index (χ0n) is 10.1. The summed E-state index contributed by atoms with van der Waals surface area (Å²) in [5.74, 6) is 3.04. The molecule has 0 radical (unpaired) electrons. The number of carbonyl (C=O) groups is 1. The third kappa shape index (κ3) is 2.35. The van der Waals surface area contributed by atoms with Crippen LogP contribution < -0.4 is 5.32 Å². The van der Waals surface area contributed by atoms with Gasteiger partial charge in [0.1, 0.15) is 0 Å². The number of hydrogen-bond acceptors (Lipinski definition) is 1. The Morgan fingerprint density at radius 2 is 1.87 bits per heavy atom. The number of carbonyl (C=O) groups excluding carboxylic acids is 1. The average Bonchev–Trinajstić information content (AvgIpc) is 2.84. The maximum Gasteiger partial charge on any atom is 0.223 e. The lowest BCUT2D eigenvalue weighted by atomic mass is 9.98. The Kier molecular flexibility index (Phi) is 3.03. The minimum Gasteiger partial charge on any atom is -0.353 e. The van der Waals surface area contributed by atoms with Crippen LogP contribution in [0.1, 0.15) is 46.5 Å². The highest BCUT2D eigenvalue weighted by molar-refractivity contribution is 5.79. The van der Waals surface area contributed by atoms with Gasteiger partial charge in [0, 0.05) is 12.0 Å². The molecule has 1 N–H and O–H groups in total. The van der Waals surface area contributed by atoms with Crippen LogP contribution >= 0.6 is 0 Å². The van der Waals surface area contributed by atoms with Crippen LogP contribution in [0.5, 0.6) is 0 Å². The number of rotatable bonds is 4. The summed E-state index contributed by atoms with van der Waals surface area (Å²) in [5, 5.41) is 3.17. The first kappa shape index (κ1) is 11.0. The van der Waals surface area contributed by atoms with Crippen molar-refractivity contribution >= 4 is 5.91 Å². The van der Waals surface area contributed by atoms with E-state index in [0.29, 0.717) is 23.8 Å². The van der Waals surface area contributed by atoms with Crippen molar-refractivity contribution in [3.63, 3.8) is 0 Å². The Bertz CT molecular complexity index is 241. The van der Waals surface area contributed by atoms with Gasteiger partial charge in [-0.05, 0) is 43.9 Å². The fourth-order valence-corrected chi connectivity index (χ4v) is 2.77. The van der Waals surface area contributed by atoms with E-state index in [0.717, 1.165) is 31.1 Å². The molecule has 0 bridgehead atoms. The predicted molar refractivity (Wildman–Crippen MR) is 61.4 cm³/mol. The van der Waals surface area contributed by atoms with Gasteiger partial charge < -0.3 is 5.32 Å². The molecular weight excluding hydrogens is 186 g/mol. The van der Waals surface area contributed by atoms with E-state index >= 15 is 0 Å². The minimum atomic E-state index is 0.315. The lowest BCUT2D eigenvalue weighted by Gasteiger charge is -2.22. The molecule has 2 aliphatic rings. The summed E-state index contributed by atoms with van der Waals surface area (Å²) in [7, 11) is 0. The third-order valence-corrected chi connectivity index (χ3v) is 4.48. The smallest absolute Gasteiger partial charge is 0.223 e. The lowest BCUT2D eigenvalue weighted by molar-refractivity contribution is -0.126. The van der Waals surface area contributed by atoms with Gasteiger partial charge in [0.15, 0.2) is 0 Å². The molecule has 1 amide bonds. The quantitative estimate of drug-likeness (QED) is 0.757. The summed E-state index contributed by atoms with van der Waals surface area (Å²) >= 11 is 0. The molecule has 15 heavy (non-hydrogen) atoms. The zero-order chi connectivity index (χ0) is 11.0. The van der Waals surface area contributed by atoms with E-state index in [9.17, 15) is 4.79 Å². The third-order valence-electron chi connectivity index (χ3n) is 4.48. The highest BCUT2D eigenvalue weighted by Crippen LogP contribution is 2.54. The second kappa shape index (κ2) is 4.15. The highest BCUT2D eigenvalue weighted by atomic mass is 16.1. The van der Waals surface area contributed by atoms with Gasteiger partial charge in [-0.15, -0.1) is 0 Å². The molecule has 0 heterocycles. The Morgan fingerprint density at radius 3 is 2.40 bits per heavy atom. The first-order valence-corrected chi connectivity index (χ1v) is 6.42. The molecule has 0 saturated heterocycles. The van der Waals surface area contributed by atoms with Crippen LogP contribution in [-0.2, 0) is 4.79 Å². The highest BCUT2D eigenvalue weighted by Gasteiger charge is 2.48. The molecule has 0 aromatic rings. The molecule has 2 nitrogen and oxygen atoms in total. The molecule has 2 heteroatoms. The summed E-state index contributed by atoms with van der Waals surface area (Å²) in [4.78, 5) is 11.9. The standard InChI is InChI=1S/C13H23NO/c1-4-8(2)9(3)14-13(15)12-6-10-5-11(10)7-12/h8-12H,4-7H2,1-3H3,(H,14,15). The zero-order valence-corrected chi connectivity index (χ0v) is 10.1. The molecule has 0 aromatic heterocycles. The first-order valence-electron chi connectivity index (χ1n) is 6.42. The summed E-state index contributed by atoms with van der Waals surface area (Å²) < 4.78 is 0. The van der Waals surface area contributed by atoms with Gasteiger partial charge >= 0.3 is 0 Å². The molecule has 4 atom stereocenters. The SMILES string of the molecule is CCC(C)C(C)NC(=O)C1CC2CC2C1. The van der Waals surface area contributed by atoms with E-state index < -0.39 is 0 Å². The van der Waals surface area contributed by atoms with Crippen molar-refractivity contribution in [2.75, 3.05) is 0 Å². The van der Waals surface area contributed by atoms with Gasteiger partial charge in [-0.1, -0.05) is 20.3 Å². The Balaban J connectivity index is 1.76. The largest absolute Gasteiger partial charge is 0.353 e. The van der Waals surface area contributed by atoms with Gasteiger partial charge in [-0.2, -0.15) is 0 Å². The van der Waals surface area contributed by atoms with Crippen LogP contribution in [0.4, 0.5) is 0 Å². The maximum absolute atomic E-state index is 11.9. The van der Waals surface area contributed by atoms with E-state index in [2.05, 4.69) is 26.1 Å². The number of nitrogens with one attached hydrogen (secondary N) is 1. The van der Waals surface area contributed by atoms with Gasteiger partial charge in [0.05, 0.1) is 0 Å². The monoisotopic (exact) mass is 209 g/mol. The van der Waals surface area contributed by atoms with Crippen molar-refractivity contribution < 1.29 is 4.79 Å². The van der Waals surface area contributed by atoms with Crippen LogP contribution in [0.25, 0.3) is 0 Å². The van der Waals surface area contributed by atoms with Gasteiger partial charge in [0.2, 0.25) is 5.91 Å². The summed E-state index contributed by atoms with van der Waals surface area (Å²) in [5.41, 5.74) is 0. The van der Waals surface area contributed by atoms with Gasteiger partial charge in [-0.25, -0.2) is 0 Å². The second-order valence-corrected chi connectivity index (χ2v) is 5.61. The average molecular weight is 209 g/mol. The molecule has 0 aromatic carbocycles. The maximum atomic E-state index is 11.9. The Morgan fingerprint density at radius 1 is 1.27 bits per heavy atom. The molecule has 2 saturated carbocycles. The molecule has 2 rings (SSSR count). The van der Waals surface area contributed by atoms with E-state index in [1.54, 1.807) is 0 Å². The fourth-order valence-electron chi connectivity index (χ4n) is 2.77. The van der Waals surface area contributed by atoms with Crippen molar-refractivity contribution in [3.8, 4) is 0 Å². The van der Waals surface area contributed by atoms with E-state index in [-0.39, 0.29) is 0 Å². The molecule has 4 unspecified atom stereocenters. The van der Waals surface area contributed by atoms with Crippen LogP contribution in [-0.4, -0.2) is 11.9 Å². The molecule has 2 aliphatic carbocycles. The second-order valence-electron chi connectivity index (χ2n) is 5.61. The van der Waals surface area contributed by atoms with E-state index in [1.807, 2.05) is 0 Å². The Labute approximate surface area is 92.8 Å². The molecular formula is C13H23NO. The molecule has 0 spiro atoms. The van der Waals surface area contributed by atoms with Crippen molar-refractivity contribution in [2.45, 2.75) is 52.5 Å². The number of hydrogen-bond donors (Lipinski definition) is 1. The predicted octanol–water partition coefficient (Wildman–Crippen LogP) is 2.58. The van der Waals surface area contributed by atoms with Crippen molar-refractivity contribution in [1.29, 1.82) is 0 Å². The normalized spacial score (nSPS) is 36.9. The van der Waals surface area contributed by atoms with E-state index in [4.69, 9.17) is 0 Å². The van der Waals surface area contributed by atoms with Crippen LogP contribution in [0.2, 0.25) is 0 Å². The van der Waals surface area contributed by atoms with Gasteiger partial charge in [-0.3, -0.25) is 4.79 Å². The van der Waals surface area contributed by atoms with Crippen LogP contribution in [0.3, 0.4) is 0 Å².